The van der Waals surface area contributed by atoms with Gasteiger partial charge in [0.1, 0.15) is 0 Å². The first-order valence-electron chi connectivity index (χ1n) is 7.32. The van der Waals surface area contributed by atoms with Crippen LogP contribution in [0.15, 0.2) is 4.60 Å². The van der Waals surface area contributed by atoms with Crippen molar-refractivity contribution in [3.05, 3.63) is 10.3 Å². The number of nitrogens with one attached hydrogen (secondary N) is 1. The van der Waals surface area contributed by atoms with Crippen molar-refractivity contribution in [1.29, 1.82) is 0 Å². The van der Waals surface area contributed by atoms with Crippen LogP contribution in [-0.4, -0.2) is 46.6 Å². The van der Waals surface area contributed by atoms with Gasteiger partial charge in [0.25, 0.3) is 0 Å². The molecular formula is C14H26BrN5. The molecular weight excluding hydrogens is 318 g/mol. The Labute approximate surface area is 130 Å². The monoisotopic (exact) mass is 343 g/mol. The molecule has 1 aliphatic carbocycles. The van der Waals surface area contributed by atoms with Gasteiger partial charge in [0.15, 0.2) is 4.60 Å². The number of rotatable bonds is 4. The van der Waals surface area contributed by atoms with E-state index in [0.717, 1.165) is 16.2 Å². The SMILES string of the molecule is CNC(c1c(Br)nnn1C)C1(N(C)C)CCC(C)CC1. The van der Waals surface area contributed by atoms with E-state index in [-0.39, 0.29) is 11.6 Å². The van der Waals surface area contributed by atoms with Crippen LogP contribution in [0, 0.1) is 5.92 Å². The van der Waals surface area contributed by atoms with Crippen LogP contribution in [0.4, 0.5) is 0 Å². The van der Waals surface area contributed by atoms with Crippen LogP contribution < -0.4 is 5.32 Å². The molecule has 1 aromatic rings. The van der Waals surface area contributed by atoms with E-state index in [2.05, 4.69) is 57.5 Å². The molecule has 0 bridgehead atoms. The first-order valence-corrected chi connectivity index (χ1v) is 8.11. The Morgan fingerprint density at radius 1 is 1.40 bits per heavy atom. The summed E-state index contributed by atoms with van der Waals surface area (Å²) in [6.07, 6.45) is 4.95. The van der Waals surface area contributed by atoms with Gasteiger partial charge < -0.3 is 10.2 Å². The Balaban J connectivity index is 2.41. The summed E-state index contributed by atoms with van der Waals surface area (Å²) in [6.45, 7) is 2.36. The third kappa shape index (κ3) is 2.65. The number of hydrogen-bond acceptors (Lipinski definition) is 4. The number of aromatic nitrogens is 3. The van der Waals surface area contributed by atoms with Gasteiger partial charge in [-0.2, -0.15) is 0 Å². The molecule has 1 aromatic heterocycles. The van der Waals surface area contributed by atoms with Crippen LogP contribution in [0.2, 0.25) is 0 Å². The number of aryl methyl sites for hydroxylation is 1. The predicted octanol–water partition coefficient (Wildman–Crippen LogP) is 2.35. The summed E-state index contributed by atoms with van der Waals surface area (Å²) in [5.74, 6) is 0.827. The lowest BCUT2D eigenvalue weighted by molar-refractivity contribution is 0.0426. The molecule has 0 aliphatic heterocycles. The molecule has 0 saturated heterocycles. The van der Waals surface area contributed by atoms with Gasteiger partial charge in [-0.1, -0.05) is 12.1 Å². The maximum absolute atomic E-state index is 4.16. The molecule has 1 N–H and O–H groups in total. The fourth-order valence-corrected chi connectivity index (χ4v) is 4.12. The van der Waals surface area contributed by atoms with E-state index >= 15 is 0 Å². The minimum atomic E-state index is 0.124. The molecule has 20 heavy (non-hydrogen) atoms. The Morgan fingerprint density at radius 3 is 2.40 bits per heavy atom. The van der Waals surface area contributed by atoms with Gasteiger partial charge in [-0.25, -0.2) is 4.68 Å². The van der Waals surface area contributed by atoms with E-state index < -0.39 is 0 Å². The molecule has 1 fully saturated rings. The topological polar surface area (TPSA) is 46.0 Å². The van der Waals surface area contributed by atoms with Gasteiger partial charge in [-0.15, -0.1) is 5.10 Å². The third-order valence-corrected chi connectivity index (χ3v) is 5.52. The fraction of sp³-hybridized carbons (Fsp3) is 0.857. The van der Waals surface area contributed by atoms with E-state index in [0.29, 0.717) is 0 Å². The molecule has 1 atom stereocenters. The highest BCUT2D eigenvalue weighted by atomic mass is 79.9. The van der Waals surface area contributed by atoms with Gasteiger partial charge in [0, 0.05) is 12.6 Å². The number of nitrogens with zero attached hydrogens (tertiary/aromatic N) is 4. The van der Waals surface area contributed by atoms with Crippen molar-refractivity contribution in [2.45, 2.75) is 44.2 Å². The molecule has 0 radical (unpaired) electrons. The number of likely N-dealkylation sites (N-methyl/N-ethyl adjacent to an activating group) is 2. The van der Waals surface area contributed by atoms with E-state index in [1.165, 1.54) is 25.7 Å². The Kier molecular flexibility index (Phi) is 4.87. The smallest absolute Gasteiger partial charge is 0.153 e. The quantitative estimate of drug-likeness (QED) is 0.911. The molecule has 1 saturated carbocycles. The van der Waals surface area contributed by atoms with Crippen molar-refractivity contribution >= 4 is 15.9 Å². The highest BCUT2D eigenvalue weighted by molar-refractivity contribution is 9.10. The average Bonchev–Trinajstić information content (AvgIpc) is 2.73. The highest BCUT2D eigenvalue weighted by Crippen LogP contribution is 2.44. The normalized spacial score (nSPS) is 28.9. The van der Waals surface area contributed by atoms with Crippen LogP contribution >= 0.6 is 15.9 Å². The Hall–Kier alpha value is -0.460. The van der Waals surface area contributed by atoms with Gasteiger partial charge >= 0.3 is 0 Å². The van der Waals surface area contributed by atoms with E-state index in [1.807, 2.05) is 18.8 Å². The summed E-state index contributed by atoms with van der Waals surface area (Å²) in [4.78, 5) is 2.39. The number of hydrogen-bond donors (Lipinski definition) is 1. The zero-order chi connectivity index (χ0) is 14.9. The van der Waals surface area contributed by atoms with Crippen LogP contribution in [0.5, 0.6) is 0 Å². The molecule has 0 aromatic carbocycles. The first kappa shape index (κ1) is 15.9. The van der Waals surface area contributed by atoms with Crippen molar-refractivity contribution < 1.29 is 0 Å². The predicted molar refractivity (Wildman–Crippen MR) is 84.6 cm³/mol. The molecule has 1 heterocycles. The minimum absolute atomic E-state index is 0.124. The molecule has 1 aliphatic rings. The van der Waals surface area contributed by atoms with Gasteiger partial charge in [0.05, 0.1) is 11.7 Å². The number of halogens is 1. The van der Waals surface area contributed by atoms with Crippen molar-refractivity contribution in [2.75, 3.05) is 21.1 Å². The zero-order valence-corrected chi connectivity index (χ0v) is 14.7. The van der Waals surface area contributed by atoms with E-state index in [9.17, 15) is 0 Å². The highest BCUT2D eigenvalue weighted by Gasteiger charge is 2.45. The van der Waals surface area contributed by atoms with E-state index in [4.69, 9.17) is 0 Å². The van der Waals surface area contributed by atoms with Crippen LogP contribution in [0.25, 0.3) is 0 Å². The molecule has 2 rings (SSSR count). The maximum Gasteiger partial charge on any atom is 0.153 e. The molecule has 6 heteroatoms. The summed E-state index contributed by atoms with van der Waals surface area (Å²) in [5.41, 5.74) is 1.26. The lowest BCUT2D eigenvalue weighted by Crippen LogP contribution is -2.55. The molecule has 114 valence electrons. The average molecular weight is 344 g/mol. The first-order chi connectivity index (χ1) is 9.42. The van der Waals surface area contributed by atoms with Crippen molar-refractivity contribution in [1.82, 2.24) is 25.2 Å². The van der Waals surface area contributed by atoms with Gasteiger partial charge in [0.2, 0.25) is 0 Å². The second kappa shape index (κ2) is 6.12. The summed E-state index contributed by atoms with van der Waals surface area (Å²) in [7, 11) is 8.38. The lowest BCUT2D eigenvalue weighted by atomic mass is 9.71. The van der Waals surface area contributed by atoms with Crippen LogP contribution in [0.3, 0.4) is 0 Å². The lowest BCUT2D eigenvalue weighted by Gasteiger charge is -2.49. The molecule has 1 unspecified atom stereocenters. The summed E-state index contributed by atoms with van der Waals surface area (Å²) >= 11 is 3.56. The van der Waals surface area contributed by atoms with Gasteiger partial charge in [-0.3, -0.25) is 0 Å². The van der Waals surface area contributed by atoms with Crippen LogP contribution in [0.1, 0.15) is 44.3 Å². The van der Waals surface area contributed by atoms with Crippen molar-refractivity contribution in [3.8, 4) is 0 Å². The molecule has 0 spiro atoms. The molecule has 0 amide bonds. The maximum atomic E-state index is 4.16. The second-order valence-corrected chi connectivity index (χ2v) is 7.04. The molecule has 5 nitrogen and oxygen atoms in total. The fourth-order valence-electron chi connectivity index (χ4n) is 3.56. The standard InChI is InChI=1S/C14H26BrN5/c1-10-6-8-14(9-7-10,19(3)4)12(16-2)11-13(15)17-18-20(11)5/h10,12,16H,6-9H2,1-5H3. The van der Waals surface area contributed by atoms with Crippen molar-refractivity contribution in [3.63, 3.8) is 0 Å². The zero-order valence-electron chi connectivity index (χ0n) is 13.1. The summed E-state index contributed by atoms with van der Waals surface area (Å²) in [6, 6.07) is 0.222. The minimum Gasteiger partial charge on any atom is -0.310 e. The van der Waals surface area contributed by atoms with Crippen molar-refractivity contribution in [2.24, 2.45) is 13.0 Å². The third-order valence-electron chi connectivity index (χ3n) is 4.96. The Morgan fingerprint density at radius 2 is 2.00 bits per heavy atom. The van der Waals surface area contributed by atoms with Crippen LogP contribution in [-0.2, 0) is 7.05 Å². The Bertz CT molecular complexity index is 429. The summed E-state index contributed by atoms with van der Waals surface area (Å²) < 4.78 is 2.73. The summed E-state index contributed by atoms with van der Waals surface area (Å²) in [5, 5.41) is 11.8. The van der Waals surface area contributed by atoms with E-state index in [1.54, 1.807) is 0 Å². The second-order valence-electron chi connectivity index (χ2n) is 6.29. The van der Waals surface area contributed by atoms with Gasteiger partial charge in [-0.05, 0) is 68.7 Å². The largest absolute Gasteiger partial charge is 0.310 e.